The summed E-state index contributed by atoms with van der Waals surface area (Å²) < 4.78 is 5.46. The van der Waals surface area contributed by atoms with Gasteiger partial charge in [-0.1, -0.05) is 11.6 Å². The zero-order valence-corrected chi connectivity index (χ0v) is 15.0. The molecule has 1 saturated heterocycles. The maximum atomic E-state index is 12.2. The molecule has 0 aliphatic carbocycles. The van der Waals surface area contributed by atoms with Crippen molar-refractivity contribution >= 4 is 23.6 Å². The van der Waals surface area contributed by atoms with Crippen LogP contribution in [0.5, 0.6) is 0 Å². The Morgan fingerprint density at radius 1 is 1.43 bits per heavy atom. The summed E-state index contributed by atoms with van der Waals surface area (Å²) in [6, 6.07) is 0. The third-order valence-electron chi connectivity index (χ3n) is 3.65. The van der Waals surface area contributed by atoms with E-state index in [1.807, 2.05) is 32.7 Å². The van der Waals surface area contributed by atoms with Crippen LogP contribution in [0.4, 0.5) is 10.7 Å². The first-order chi connectivity index (χ1) is 10.7. The molecule has 7 heteroatoms. The number of likely N-dealkylation sites (tertiary alicyclic amines) is 1. The number of rotatable bonds is 3. The summed E-state index contributed by atoms with van der Waals surface area (Å²) >= 11 is 5.81. The minimum Gasteiger partial charge on any atom is -0.444 e. The van der Waals surface area contributed by atoms with E-state index in [-0.39, 0.29) is 6.09 Å². The standard InChI is InChI=1S/C16H25ClN4O2/c1-16(2,3)23-15(22)21-7-5-6-12(11-21)10-20(4)14-18-8-13(17)9-19-14/h8-9,12H,5-7,10-11H2,1-4H3/t12-/m0/s1. The van der Waals surface area contributed by atoms with Crippen LogP contribution in [0.15, 0.2) is 12.4 Å². The van der Waals surface area contributed by atoms with Crippen LogP contribution in [0, 0.1) is 5.92 Å². The fraction of sp³-hybridized carbons (Fsp3) is 0.688. The van der Waals surface area contributed by atoms with E-state index in [2.05, 4.69) is 9.97 Å². The number of hydrogen-bond donors (Lipinski definition) is 0. The number of carbonyl (C=O) groups is 1. The van der Waals surface area contributed by atoms with E-state index >= 15 is 0 Å². The SMILES string of the molecule is CN(C[C@@H]1CCCN(C(=O)OC(C)(C)C)C1)c1ncc(Cl)cn1. The van der Waals surface area contributed by atoms with Crippen molar-refractivity contribution in [2.75, 3.05) is 31.6 Å². The second-order valence-corrected chi connectivity index (χ2v) is 7.45. The molecule has 1 amide bonds. The normalized spacial score (nSPS) is 18.7. The zero-order chi connectivity index (χ0) is 17.0. The summed E-state index contributed by atoms with van der Waals surface area (Å²) in [5, 5.41) is 0.524. The van der Waals surface area contributed by atoms with Crippen LogP contribution in [-0.4, -0.2) is 53.2 Å². The van der Waals surface area contributed by atoms with Gasteiger partial charge in [-0.05, 0) is 39.5 Å². The van der Waals surface area contributed by atoms with E-state index in [1.165, 1.54) is 0 Å². The molecule has 1 aromatic heterocycles. The zero-order valence-electron chi connectivity index (χ0n) is 14.3. The molecule has 2 heterocycles. The van der Waals surface area contributed by atoms with E-state index in [1.54, 1.807) is 17.3 Å². The Bertz CT molecular complexity index is 530. The van der Waals surface area contributed by atoms with Crippen LogP contribution in [0.1, 0.15) is 33.6 Å². The van der Waals surface area contributed by atoms with Crippen molar-refractivity contribution in [2.45, 2.75) is 39.2 Å². The first-order valence-electron chi connectivity index (χ1n) is 7.91. The molecular weight excluding hydrogens is 316 g/mol. The highest BCUT2D eigenvalue weighted by Crippen LogP contribution is 2.21. The number of aromatic nitrogens is 2. The second kappa shape index (κ2) is 7.34. The van der Waals surface area contributed by atoms with Gasteiger partial charge in [0.1, 0.15) is 5.60 Å². The van der Waals surface area contributed by atoms with Crippen molar-refractivity contribution in [2.24, 2.45) is 5.92 Å². The number of ether oxygens (including phenoxy) is 1. The van der Waals surface area contributed by atoms with Crippen molar-refractivity contribution < 1.29 is 9.53 Å². The van der Waals surface area contributed by atoms with Crippen molar-refractivity contribution in [3.8, 4) is 0 Å². The smallest absolute Gasteiger partial charge is 0.410 e. The number of amides is 1. The van der Waals surface area contributed by atoms with Crippen molar-refractivity contribution in [3.63, 3.8) is 0 Å². The summed E-state index contributed by atoms with van der Waals surface area (Å²) in [5.74, 6) is 1.02. The molecule has 1 aromatic rings. The molecule has 2 rings (SSSR count). The largest absolute Gasteiger partial charge is 0.444 e. The number of piperidine rings is 1. The van der Waals surface area contributed by atoms with Crippen molar-refractivity contribution in [3.05, 3.63) is 17.4 Å². The summed E-state index contributed by atoms with van der Waals surface area (Å²) in [4.78, 5) is 24.5. The fourth-order valence-electron chi connectivity index (χ4n) is 2.68. The molecule has 1 fully saturated rings. The van der Waals surface area contributed by atoms with Crippen molar-refractivity contribution in [1.29, 1.82) is 0 Å². The fourth-order valence-corrected chi connectivity index (χ4v) is 2.78. The summed E-state index contributed by atoms with van der Waals surface area (Å²) in [6.45, 7) is 7.91. The highest BCUT2D eigenvalue weighted by Gasteiger charge is 2.28. The number of anilines is 1. The summed E-state index contributed by atoms with van der Waals surface area (Å²) in [7, 11) is 1.95. The van der Waals surface area contributed by atoms with E-state index in [0.717, 1.165) is 25.9 Å². The maximum absolute atomic E-state index is 12.2. The molecule has 0 bridgehead atoms. The van der Waals surface area contributed by atoms with Gasteiger partial charge in [-0.15, -0.1) is 0 Å². The number of hydrogen-bond acceptors (Lipinski definition) is 5. The van der Waals surface area contributed by atoms with Gasteiger partial charge in [0.15, 0.2) is 0 Å². The van der Waals surface area contributed by atoms with Gasteiger partial charge in [-0.2, -0.15) is 0 Å². The molecule has 0 radical (unpaired) electrons. The molecule has 0 spiro atoms. The molecule has 0 aromatic carbocycles. The predicted molar refractivity (Wildman–Crippen MR) is 90.8 cm³/mol. The van der Waals surface area contributed by atoms with E-state index in [0.29, 0.717) is 23.4 Å². The monoisotopic (exact) mass is 340 g/mol. The van der Waals surface area contributed by atoms with Gasteiger partial charge in [-0.3, -0.25) is 0 Å². The number of nitrogens with zero attached hydrogens (tertiary/aromatic N) is 4. The minimum atomic E-state index is -0.460. The molecule has 23 heavy (non-hydrogen) atoms. The molecule has 1 atom stereocenters. The lowest BCUT2D eigenvalue weighted by Crippen LogP contribution is -2.45. The molecule has 0 unspecified atom stereocenters. The third kappa shape index (κ3) is 5.53. The molecular formula is C16H25ClN4O2. The lowest BCUT2D eigenvalue weighted by molar-refractivity contribution is 0.0170. The van der Waals surface area contributed by atoms with Gasteiger partial charge >= 0.3 is 6.09 Å². The first-order valence-corrected chi connectivity index (χ1v) is 8.29. The highest BCUT2D eigenvalue weighted by molar-refractivity contribution is 6.30. The Morgan fingerprint density at radius 3 is 2.70 bits per heavy atom. The lowest BCUT2D eigenvalue weighted by atomic mass is 9.98. The summed E-state index contributed by atoms with van der Waals surface area (Å²) in [6.07, 6.45) is 5.02. The van der Waals surface area contributed by atoms with E-state index < -0.39 is 5.60 Å². The minimum absolute atomic E-state index is 0.229. The van der Waals surface area contributed by atoms with Gasteiger partial charge in [-0.25, -0.2) is 14.8 Å². The topological polar surface area (TPSA) is 58.6 Å². The molecule has 0 saturated carbocycles. The average molecular weight is 341 g/mol. The predicted octanol–water partition coefficient (Wildman–Crippen LogP) is 3.21. The Kier molecular flexibility index (Phi) is 5.68. The van der Waals surface area contributed by atoms with Gasteiger partial charge in [0, 0.05) is 26.7 Å². The number of halogens is 1. The first kappa shape index (κ1) is 17.8. The van der Waals surface area contributed by atoms with Crippen LogP contribution < -0.4 is 4.90 Å². The van der Waals surface area contributed by atoms with Crippen LogP contribution in [0.2, 0.25) is 5.02 Å². The molecule has 1 aliphatic rings. The van der Waals surface area contributed by atoms with Gasteiger partial charge < -0.3 is 14.5 Å². The average Bonchev–Trinajstić information content (AvgIpc) is 2.46. The Hall–Kier alpha value is -1.56. The van der Waals surface area contributed by atoms with Crippen LogP contribution in [-0.2, 0) is 4.74 Å². The van der Waals surface area contributed by atoms with Crippen molar-refractivity contribution in [1.82, 2.24) is 14.9 Å². The Morgan fingerprint density at radius 2 is 2.09 bits per heavy atom. The van der Waals surface area contributed by atoms with Gasteiger partial charge in [0.2, 0.25) is 5.95 Å². The van der Waals surface area contributed by atoms with Crippen LogP contribution in [0.25, 0.3) is 0 Å². The van der Waals surface area contributed by atoms with Crippen LogP contribution >= 0.6 is 11.6 Å². The van der Waals surface area contributed by atoms with Crippen LogP contribution in [0.3, 0.4) is 0 Å². The number of carbonyl (C=O) groups excluding carboxylic acids is 1. The maximum Gasteiger partial charge on any atom is 0.410 e. The van der Waals surface area contributed by atoms with Gasteiger partial charge in [0.25, 0.3) is 0 Å². The quantitative estimate of drug-likeness (QED) is 0.845. The highest BCUT2D eigenvalue weighted by atomic mass is 35.5. The third-order valence-corrected chi connectivity index (χ3v) is 3.85. The van der Waals surface area contributed by atoms with E-state index in [4.69, 9.17) is 16.3 Å². The second-order valence-electron chi connectivity index (χ2n) is 7.02. The molecule has 1 aliphatic heterocycles. The van der Waals surface area contributed by atoms with E-state index in [9.17, 15) is 4.79 Å². The Balaban J connectivity index is 1.90. The summed E-state index contributed by atoms with van der Waals surface area (Å²) in [5.41, 5.74) is -0.460. The lowest BCUT2D eigenvalue weighted by Gasteiger charge is -2.35. The molecule has 128 valence electrons. The Labute approximate surface area is 142 Å². The molecule has 6 nitrogen and oxygen atoms in total. The molecule has 0 N–H and O–H groups in total. The van der Waals surface area contributed by atoms with Gasteiger partial charge in [0.05, 0.1) is 17.4 Å².